The highest BCUT2D eigenvalue weighted by molar-refractivity contribution is 5.00. The Labute approximate surface area is 74.2 Å². The number of hydrogen-bond acceptors (Lipinski definition) is 2. The topological polar surface area (TPSA) is 40.5 Å². The Bertz CT molecular complexity index is 159. The van der Waals surface area contributed by atoms with Gasteiger partial charge in [0.25, 0.3) is 0 Å². The van der Waals surface area contributed by atoms with Crippen molar-refractivity contribution in [2.24, 2.45) is 0 Å². The first kappa shape index (κ1) is 11.4. The first-order chi connectivity index (χ1) is 5.70. The van der Waals surface area contributed by atoms with Gasteiger partial charge in [-0.1, -0.05) is 23.8 Å². The Balaban J connectivity index is 3.43. The lowest BCUT2D eigenvalue weighted by molar-refractivity contribution is 0.326. The Hall–Kier alpha value is -0.600. The standard InChI is InChI=1S/C10H18O2/c1-9(6-7-11)4-3-5-10(2)8-12/h6,11-12H,2-5,7-8H2,1H3. The SMILES string of the molecule is C=C(CO)CCCC(C)=CCO. The highest BCUT2D eigenvalue weighted by Gasteiger charge is 1.93. The third-order valence-electron chi connectivity index (χ3n) is 1.76. The average molecular weight is 170 g/mol. The van der Waals surface area contributed by atoms with E-state index in [1.807, 2.05) is 13.0 Å². The summed E-state index contributed by atoms with van der Waals surface area (Å²) in [6, 6.07) is 0. The molecule has 0 aromatic carbocycles. The Morgan fingerprint density at radius 2 is 2.00 bits per heavy atom. The molecule has 0 saturated heterocycles. The fourth-order valence-corrected chi connectivity index (χ4v) is 0.954. The fourth-order valence-electron chi connectivity index (χ4n) is 0.954. The van der Waals surface area contributed by atoms with Crippen LogP contribution in [0.2, 0.25) is 0 Å². The molecule has 0 unspecified atom stereocenters. The number of allylic oxidation sites excluding steroid dienone is 1. The van der Waals surface area contributed by atoms with Crippen LogP contribution >= 0.6 is 0 Å². The normalized spacial score (nSPS) is 11.8. The smallest absolute Gasteiger partial charge is 0.0639 e. The van der Waals surface area contributed by atoms with Crippen molar-refractivity contribution in [3.05, 3.63) is 23.8 Å². The second-order valence-electron chi connectivity index (χ2n) is 2.99. The van der Waals surface area contributed by atoms with Crippen LogP contribution in [0.25, 0.3) is 0 Å². The largest absolute Gasteiger partial charge is 0.392 e. The number of hydrogen-bond donors (Lipinski definition) is 2. The van der Waals surface area contributed by atoms with E-state index < -0.39 is 0 Å². The summed E-state index contributed by atoms with van der Waals surface area (Å²) >= 11 is 0. The molecule has 0 radical (unpaired) electrons. The zero-order chi connectivity index (χ0) is 9.40. The third-order valence-corrected chi connectivity index (χ3v) is 1.76. The summed E-state index contributed by atoms with van der Waals surface area (Å²) in [4.78, 5) is 0. The first-order valence-electron chi connectivity index (χ1n) is 4.24. The molecule has 0 aromatic heterocycles. The van der Waals surface area contributed by atoms with Crippen molar-refractivity contribution >= 4 is 0 Å². The molecule has 0 atom stereocenters. The maximum Gasteiger partial charge on any atom is 0.0639 e. The van der Waals surface area contributed by atoms with Crippen molar-refractivity contribution in [3.63, 3.8) is 0 Å². The van der Waals surface area contributed by atoms with E-state index >= 15 is 0 Å². The third kappa shape index (κ3) is 6.13. The van der Waals surface area contributed by atoms with Crippen molar-refractivity contribution in [1.82, 2.24) is 0 Å². The van der Waals surface area contributed by atoms with Crippen molar-refractivity contribution in [1.29, 1.82) is 0 Å². The van der Waals surface area contributed by atoms with Crippen LogP contribution in [0.1, 0.15) is 26.2 Å². The maximum absolute atomic E-state index is 8.65. The average Bonchev–Trinajstić information content (AvgIpc) is 2.04. The predicted molar refractivity (Wildman–Crippen MR) is 50.9 cm³/mol. The van der Waals surface area contributed by atoms with E-state index in [9.17, 15) is 0 Å². The van der Waals surface area contributed by atoms with Gasteiger partial charge < -0.3 is 10.2 Å². The van der Waals surface area contributed by atoms with Gasteiger partial charge >= 0.3 is 0 Å². The summed E-state index contributed by atoms with van der Waals surface area (Å²) in [5, 5.41) is 17.2. The number of aliphatic hydroxyl groups is 2. The summed E-state index contributed by atoms with van der Waals surface area (Å²) in [6.07, 6.45) is 4.65. The first-order valence-corrected chi connectivity index (χ1v) is 4.24. The molecule has 0 rings (SSSR count). The van der Waals surface area contributed by atoms with Crippen LogP contribution < -0.4 is 0 Å². The van der Waals surface area contributed by atoms with E-state index in [-0.39, 0.29) is 13.2 Å². The molecule has 2 heteroatoms. The maximum atomic E-state index is 8.65. The zero-order valence-electron chi connectivity index (χ0n) is 7.71. The van der Waals surface area contributed by atoms with Gasteiger partial charge in [-0.25, -0.2) is 0 Å². The fraction of sp³-hybridized carbons (Fsp3) is 0.600. The van der Waals surface area contributed by atoms with Gasteiger partial charge in [0.1, 0.15) is 0 Å². The van der Waals surface area contributed by atoms with E-state index in [0.717, 1.165) is 24.8 Å². The summed E-state index contributed by atoms with van der Waals surface area (Å²) in [7, 11) is 0. The summed E-state index contributed by atoms with van der Waals surface area (Å²) < 4.78 is 0. The van der Waals surface area contributed by atoms with Gasteiger partial charge in [0.15, 0.2) is 0 Å². The molecule has 0 aromatic rings. The van der Waals surface area contributed by atoms with E-state index in [1.54, 1.807) is 0 Å². The lowest BCUT2D eigenvalue weighted by atomic mass is 10.1. The molecular formula is C10H18O2. The van der Waals surface area contributed by atoms with Gasteiger partial charge in [-0.15, -0.1) is 0 Å². The van der Waals surface area contributed by atoms with E-state index in [4.69, 9.17) is 10.2 Å². The van der Waals surface area contributed by atoms with Crippen LogP contribution in [0, 0.1) is 0 Å². The van der Waals surface area contributed by atoms with E-state index in [0.29, 0.717) is 0 Å². The van der Waals surface area contributed by atoms with Crippen molar-refractivity contribution in [3.8, 4) is 0 Å². The molecule has 70 valence electrons. The van der Waals surface area contributed by atoms with Crippen LogP contribution in [0.15, 0.2) is 23.8 Å². The van der Waals surface area contributed by atoms with Crippen LogP contribution in [0.3, 0.4) is 0 Å². The summed E-state index contributed by atoms with van der Waals surface area (Å²) in [5.74, 6) is 0. The minimum atomic E-state index is 0.0861. The molecule has 0 bridgehead atoms. The molecule has 0 aliphatic heterocycles. The van der Waals surface area contributed by atoms with Crippen molar-refractivity contribution < 1.29 is 10.2 Å². The monoisotopic (exact) mass is 170 g/mol. The molecule has 0 aliphatic rings. The van der Waals surface area contributed by atoms with Gasteiger partial charge in [0.2, 0.25) is 0 Å². The van der Waals surface area contributed by atoms with Crippen LogP contribution in [-0.4, -0.2) is 23.4 Å². The lowest BCUT2D eigenvalue weighted by Crippen LogP contribution is -1.89. The zero-order valence-corrected chi connectivity index (χ0v) is 7.71. The van der Waals surface area contributed by atoms with Gasteiger partial charge in [-0.3, -0.25) is 0 Å². The Morgan fingerprint density at radius 1 is 1.33 bits per heavy atom. The second kappa shape index (κ2) is 7.07. The quantitative estimate of drug-likeness (QED) is 0.595. The molecule has 0 fully saturated rings. The number of rotatable bonds is 6. The van der Waals surface area contributed by atoms with Gasteiger partial charge in [0.05, 0.1) is 13.2 Å². The van der Waals surface area contributed by atoms with Crippen LogP contribution in [0.4, 0.5) is 0 Å². The molecule has 0 amide bonds. The minimum absolute atomic E-state index is 0.0861. The highest BCUT2D eigenvalue weighted by Crippen LogP contribution is 2.09. The highest BCUT2D eigenvalue weighted by atomic mass is 16.3. The predicted octanol–water partition coefficient (Wildman–Crippen LogP) is 1.64. The van der Waals surface area contributed by atoms with Crippen molar-refractivity contribution in [2.75, 3.05) is 13.2 Å². The molecule has 0 saturated carbocycles. The Morgan fingerprint density at radius 3 is 2.50 bits per heavy atom. The summed E-state index contributed by atoms with van der Waals surface area (Å²) in [6.45, 7) is 5.90. The van der Waals surface area contributed by atoms with E-state index in [2.05, 4.69) is 6.58 Å². The van der Waals surface area contributed by atoms with Gasteiger partial charge in [0, 0.05) is 0 Å². The molecule has 2 N–H and O–H groups in total. The molecular weight excluding hydrogens is 152 g/mol. The number of aliphatic hydroxyl groups excluding tert-OH is 2. The molecule has 0 spiro atoms. The van der Waals surface area contributed by atoms with Gasteiger partial charge in [-0.05, 0) is 26.2 Å². The second-order valence-corrected chi connectivity index (χ2v) is 2.99. The van der Waals surface area contributed by atoms with Crippen molar-refractivity contribution in [2.45, 2.75) is 26.2 Å². The van der Waals surface area contributed by atoms with Crippen LogP contribution in [0.5, 0.6) is 0 Å². The molecule has 0 heterocycles. The Kier molecular flexibility index (Phi) is 6.72. The van der Waals surface area contributed by atoms with Crippen LogP contribution in [-0.2, 0) is 0 Å². The lowest BCUT2D eigenvalue weighted by Gasteiger charge is -2.02. The molecule has 0 aliphatic carbocycles. The minimum Gasteiger partial charge on any atom is -0.392 e. The molecule has 2 nitrogen and oxygen atoms in total. The van der Waals surface area contributed by atoms with E-state index in [1.165, 1.54) is 5.57 Å². The molecule has 12 heavy (non-hydrogen) atoms. The van der Waals surface area contributed by atoms with Gasteiger partial charge in [-0.2, -0.15) is 0 Å². The summed E-state index contributed by atoms with van der Waals surface area (Å²) in [5.41, 5.74) is 2.08.